The molecule has 0 saturated carbocycles. The summed E-state index contributed by atoms with van der Waals surface area (Å²) < 4.78 is 0. The van der Waals surface area contributed by atoms with Crippen molar-refractivity contribution in [2.24, 2.45) is 0 Å². The zero-order chi connectivity index (χ0) is 9.52. The monoisotopic (exact) mass is 270 g/mol. The summed E-state index contributed by atoms with van der Waals surface area (Å²) in [7, 11) is 0. The zero-order valence-electron chi connectivity index (χ0n) is 8.05. The molecule has 0 radical (unpaired) electrons. The molecule has 2 rings (SSSR count). The Labute approximate surface area is 98.5 Å². The molecule has 0 aliphatic rings. The second kappa shape index (κ2) is 7.30. The van der Waals surface area contributed by atoms with E-state index in [1.807, 2.05) is 55.5 Å². The molecule has 1 heteroatoms. The van der Waals surface area contributed by atoms with Gasteiger partial charge in [0.05, 0.1) is 0 Å². The Bertz CT molecular complexity index is 343. The normalized spacial score (nSPS) is 7.71. The van der Waals surface area contributed by atoms with Crippen LogP contribution in [0.3, 0.4) is 0 Å². The van der Waals surface area contributed by atoms with Crippen molar-refractivity contribution in [2.45, 2.75) is 6.92 Å². The first-order valence-electron chi connectivity index (χ1n) is 4.20. The van der Waals surface area contributed by atoms with Gasteiger partial charge in [-0.25, -0.2) is 18.6 Å². The van der Waals surface area contributed by atoms with Gasteiger partial charge in [-0.2, -0.15) is 36.3 Å². The van der Waals surface area contributed by atoms with Gasteiger partial charge in [0, 0.05) is 0 Å². The van der Waals surface area contributed by atoms with Crippen molar-refractivity contribution in [3.63, 3.8) is 0 Å². The third-order valence-corrected chi connectivity index (χ3v) is 1.75. The van der Waals surface area contributed by atoms with E-state index in [1.54, 1.807) is 0 Å². The van der Waals surface area contributed by atoms with E-state index < -0.39 is 0 Å². The minimum atomic E-state index is 0. The number of rotatable bonds is 0. The first-order valence-corrected chi connectivity index (χ1v) is 4.20. The van der Waals surface area contributed by atoms with Crippen molar-refractivity contribution < 1.29 is 19.5 Å². The van der Waals surface area contributed by atoms with Crippen LogP contribution in [-0.4, -0.2) is 0 Å². The van der Waals surface area contributed by atoms with Gasteiger partial charge >= 0.3 is 19.5 Å². The summed E-state index contributed by atoms with van der Waals surface area (Å²) in [5.74, 6) is 2.58. The fraction of sp³-hybridized carbons (Fsp3) is 0.0769. The molecule has 0 bridgehead atoms. The molecule has 0 atom stereocenters. The summed E-state index contributed by atoms with van der Waals surface area (Å²) in [5, 5.41) is 0. The van der Waals surface area contributed by atoms with E-state index in [-0.39, 0.29) is 19.5 Å². The molecule has 2 aromatic carbocycles. The molecule has 72 valence electrons. The Hall–Kier alpha value is -1.12. The maximum Gasteiger partial charge on any atom is 2.00 e. The van der Waals surface area contributed by atoms with Crippen LogP contribution in [0.4, 0.5) is 0 Å². The van der Waals surface area contributed by atoms with E-state index in [2.05, 4.69) is 5.92 Å². The van der Waals surface area contributed by atoms with Crippen LogP contribution in [0.25, 0.3) is 0 Å². The molecular formula is C13H12Ru. The molecule has 0 aromatic heterocycles. The van der Waals surface area contributed by atoms with Crippen molar-refractivity contribution in [3.8, 4) is 12.3 Å². The van der Waals surface area contributed by atoms with Crippen molar-refractivity contribution in [3.05, 3.63) is 59.7 Å². The third-order valence-electron chi connectivity index (χ3n) is 1.75. The standard InChI is InChI=1S/C8H7.C5H5.Ru/c1-3-8-6-4-5-7(8)2;1-2-4-5-3-1;/h1,4-6H,2H3;1-5H;/q2*-1;+2. The average Bonchev–Trinajstić information content (AvgIpc) is 2.76. The summed E-state index contributed by atoms with van der Waals surface area (Å²) in [6.07, 6.45) is 5.15. The predicted molar refractivity (Wildman–Crippen MR) is 56.7 cm³/mol. The second-order valence-electron chi connectivity index (χ2n) is 2.73. The van der Waals surface area contributed by atoms with Crippen LogP contribution in [0.15, 0.2) is 48.5 Å². The maximum atomic E-state index is 5.15. The number of hydrogen-bond acceptors (Lipinski definition) is 0. The average molecular weight is 269 g/mol. The Morgan fingerprint density at radius 1 is 1.29 bits per heavy atom. The van der Waals surface area contributed by atoms with Crippen molar-refractivity contribution in [1.82, 2.24) is 0 Å². The Balaban J connectivity index is 0.000000246. The SMILES string of the molecule is C#C[c-]1cccc1C.[Ru+2].c1cc[cH-]c1. The van der Waals surface area contributed by atoms with Gasteiger partial charge in [-0.3, -0.25) is 0 Å². The third kappa shape index (κ3) is 4.21. The minimum Gasteiger partial charge on any atom is -0.228 e. The van der Waals surface area contributed by atoms with Crippen LogP contribution in [-0.2, 0) is 19.5 Å². The smallest absolute Gasteiger partial charge is 0.228 e. The Kier molecular flexibility index (Phi) is 6.72. The van der Waals surface area contributed by atoms with E-state index >= 15 is 0 Å². The molecular weight excluding hydrogens is 257 g/mol. The van der Waals surface area contributed by atoms with Crippen molar-refractivity contribution in [1.29, 1.82) is 0 Å². The first kappa shape index (κ1) is 12.9. The molecule has 2 aromatic rings. The van der Waals surface area contributed by atoms with Crippen LogP contribution in [0.5, 0.6) is 0 Å². The minimum absolute atomic E-state index is 0. The Morgan fingerprint density at radius 3 is 2.14 bits per heavy atom. The van der Waals surface area contributed by atoms with Crippen LogP contribution in [0, 0.1) is 19.3 Å². The van der Waals surface area contributed by atoms with Gasteiger partial charge in [-0.15, -0.1) is 11.6 Å². The number of aryl methyl sites for hydroxylation is 1. The van der Waals surface area contributed by atoms with Crippen LogP contribution in [0.2, 0.25) is 0 Å². The molecule has 0 heterocycles. The molecule has 0 spiro atoms. The van der Waals surface area contributed by atoms with Gasteiger partial charge in [0.15, 0.2) is 0 Å². The van der Waals surface area contributed by atoms with Crippen molar-refractivity contribution in [2.75, 3.05) is 0 Å². The van der Waals surface area contributed by atoms with Gasteiger partial charge in [0.1, 0.15) is 0 Å². The molecule has 0 aliphatic heterocycles. The van der Waals surface area contributed by atoms with Gasteiger partial charge in [-0.05, 0) is 0 Å². The number of hydrogen-bond donors (Lipinski definition) is 0. The van der Waals surface area contributed by atoms with E-state index in [4.69, 9.17) is 6.42 Å². The summed E-state index contributed by atoms with van der Waals surface area (Å²) in [6.45, 7) is 2.01. The van der Waals surface area contributed by atoms with Crippen LogP contribution < -0.4 is 0 Å². The molecule has 0 unspecified atom stereocenters. The fourth-order valence-electron chi connectivity index (χ4n) is 0.993. The van der Waals surface area contributed by atoms with E-state index in [0.717, 1.165) is 5.56 Å². The molecule has 14 heavy (non-hydrogen) atoms. The van der Waals surface area contributed by atoms with E-state index in [9.17, 15) is 0 Å². The summed E-state index contributed by atoms with van der Waals surface area (Å²) in [6, 6.07) is 15.9. The first-order chi connectivity index (χ1) is 6.34. The van der Waals surface area contributed by atoms with Crippen LogP contribution >= 0.6 is 0 Å². The molecule has 0 nitrogen and oxygen atoms in total. The molecule has 0 aliphatic carbocycles. The zero-order valence-corrected chi connectivity index (χ0v) is 9.79. The second-order valence-corrected chi connectivity index (χ2v) is 2.73. The van der Waals surface area contributed by atoms with Gasteiger partial charge in [0.2, 0.25) is 0 Å². The van der Waals surface area contributed by atoms with Crippen molar-refractivity contribution >= 4 is 0 Å². The fourth-order valence-corrected chi connectivity index (χ4v) is 0.993. The van der Waals surface area contributed by atoms with E-state index in [1.165, 1.54) is 5.56 Å². The van der Waals surface area contributed by atoms with Gasteiger partial charge < -0.3 is 0 Å². The van der Waals surface area contributed by atoms with Gasteiger partial charge in [0.25, 0.3) is 0 Å². The predicted octanol–water partition coefficient (Wildman–Crippen LogP) is 3.10. The maximum absolute atomic E-state index is 5.15. The number of terminal acetylenes is 1. The Morgan fingerprint density at radius 2 is 1.93 bits per heavy atom. The van der Waals surface area contributed by atoms with E-state index in [0.29, 0.717) is 0 Å². The molecule has 0 fully saturated rings. The summed E-state index contributed by atoms with van der Waals surface area (Å²) >= 11 is 0. The largest absolute Gasteiger partial charge is 2.00 e. The summed E-state index contributed by atoms with van der Waals surface area (Å²) in [4.78, 5) is 0. The summed E-state index contributed by atoms with van der Waals surface area (Å²) in [5.41, 5.74) is 2.19. The molecule has 0 amide bonds. The topological polar surface area (TPSA) is 0 Å². The quantitative estimate of drug-likeness (QED) is 0.392. The van der Waals surface area contributed by atoms with Gasteiger partial charge in [-0.1, -0.05) is 12.5 Å². The molecule has 0 saturated heterocycles. The molecule has 0 N–H and O–H groups in total. The van der Waals surface area contributed by atoms with Crippen LogP contribution in [0.1, 0.15) is 11.1 Å².